The van der Waals surface area contributed by atoms with Crippen molar-refractivity contribution in [3.8, 4) is 0 Å². The van der Waals surface area contributed by atoms with Gasteiger partial charge in [0.1, 0.15) is 5.82 Å². The van der Waals surface area contributed by atoms with Crippen molar-refractivity contribution in [2.24, 2.45) is 5.73 Å². The van der Waals surface area contributed by atoms with Crippen molar-refractivity contribution in [2.75, 3.05) is 12.4 Å². The highest BCUT2D eigenvalue weighted by Gasteiger charge is 2.16. The van der Waals surface area contributed by atoms with Crippen LogP contribution in [0.5, 0.6) is 0 Å². The molecule has 0 fully saturated rings. The summed E-state index contributed by atoms with van der Waals surface area (Å²) in [5, 5.41) is 3.15. The number of nitrogens with one attached hydrogen (secondary N) is 1. The summed E-state index contributed by atoms with van der Waals surface area (Å²) >= 11 is 3.25. The van der Waals surface area contributed by atoms with Gasteiger partial charge < -0.3 is 11.1 Å². The number of primary amides is 1. The van der Waals surface area contributed by atoms with Gasteiger partial charge in [0.25, 0.3) is 5.91 Å². The summed E-state index contributed by atoms with van der Waals surface area (Å²) in [6.07, 6.45) is 0. The Kier molecular flexibility index (Phi) is 6.56. The zero-order valence-corrected chi connectivity index (χ0v) is 16.2. The molecular weight excluding hydrogens is 385 g/mol. The summed E-state index contributed by atoms with van der Waals surface area (Å²) in [6, 6.07) is 11.4. The largest absolute Gasteiger partial charge is 0.380 e. The average molecular weight is 408 g/mol. The van der Waals surface area contributed by atoms with Crippen LogP contribution >= 0.6 is 15.9 Å². The maximum Gasteiger partial charge on any atom is 0.253 e. The zero-order valence-electron chi connectivity index (χ0n) is 14.6. The van der Waals surface area contributed by atoms with Gasteiger partial charge in [0.05, 0.1) is 11.3 Å². The third kappa shape index (κ3) is 5.03. The Morgan fingerprint density at radius 2 is 1.92 bits per heavy atom. The van der Waals surface area contributed by atoms with Gasteiger partial charge >= 0.3 is 0 Å². The van der Waals surface area contributed by atoms with Gasteiger partial charge in [-0.3, -0.25) is 9.69 Å². The molecule has 0 heterocycles. The Labute approximate surface area is 156 Å². The molecule has 2 rings (SSSR count). The van der Waals surface area contributed by atoms with Crippen LogP contribution in [-0.4, -0.2) is 23.9 Å². The summed E-state index contributed by atoms with van der Waals surface area (Å²) in [6.45, 7) is 5.57. The Hall–Kier alpha value is -1.92. The van der Waals surface area contributed by atoms with Crippen LogP contribution in [0.2, 0.25) is 0 Å². The quantitative estimate of drug-likeness (QED) is 0.724. The van der Waals surface area contributed by atoms with Gasteiger partial charge in [0.2, 0.25) is 0 Å². The fourth-order valence-corrected chi connectivity index (χ4v) is 2.92. The molecule has 0 aliphatic heterocycles. The van der Waals surface area contributed by atoms with Gasteiger partial charge in [-0.15, -0.1) is 0 Å². The number of nitrogens with two attached hydrogens (primary N) is 1. The molecule has 134 valence electrons. The van der Waals surface area contributed by atoms with Crippen LogP contribution in [0.3, 0.4) is 0 Å². The molecule has 0 aliphatic rings. The molecule has 0 radical (unpaired) electrons. The molecule has 0 aliphatic carbocycles. The zero-order chi connectivity index (χ0) is 18.6. The Bertz CT molecular complexity index is 764. The minimum atomic E-state index is -0.791. The van der Waals surface area contributed by atoms with Crippen LogP contribution < -0.4 is 11.1 Å². The molecule has 4 nitrogen and oxygen atoms in total. The molecule has 0 spiro atoms. The van der Waals surface area contributed by atoms with Crippen molar-refractivity contribution in [2.45, 2.75) is 33.0 Å². The molecule has 6 heteroatoms. The standard InChI is InChI=1S/C19H23BrFN3O/c1-12(2)24(3)11-14-7-5-4-6-13(14)10-23-17-9-15(20)8-16(21)18(17)19(22)25/h4-9,12,23H,10-11H2,1-3H3,(H2,22,25). The predicted molar refractivity (Wildman–Crippen MR) is 103 cm³/mol. The number of hydrogen-bond donors (Lipinski definition) is 2. The Morgan fingerprint density at radius 1 is 1.28 bits per heavy atom. The second-order valence-electron chi connectivity index (χ2n) is 6.31. The number of carbonyl (C=O) groups is 1. The number of hydrogen-bond acceptors (Lipinski definition) is 3. The fourth-order valence-electron chi connectivity index (χ4n) is 2.49. The smallest absolute Gasteiger partial charge is 0.253 e. The van der Waals surface area contributed by atoms with Crippen LogP contribution in [0.4, 0.5) is 10.1 Å². The second-order valence-corrected chi connectivity index (χ2v) is 7.22. The van der Waals surface area contributed by atoms with Crippen molar-refractivity contribution in [1.82, 2.24) is 4.90 Å². The SMILES string of the molecule is CC(C)N(C)Cc1ccccc1CNc1cc(Br)cc(F)c1C(N)=O. The van der Waals surface area contributed by atoms with Gasteiger partial charge in [-0.1, -0.05) is 40.2 Å². The third-order valence-electron chi connectivity index (χ3n) is 4.19. The lowest BCUT2D eigenvalue weighted by molar-refractivity contribution is 0.0997. The number of halogens is 2. The molecule has 0 bridgehead atoms. The van der Waals surface area contributed by atoms with Crippen LogP contribution in [0.25, 0.3) is 0 Å². The molecule has 0 saturated carbocycles. The Morgan fingerprint density at radius 3 is 2.52 bits per heavy atom. The van der Waals surface area contributed by atoms with Crippen LogP contribution in [-0.2, 0) is 13.1 Å². The summed E-state index contributed by atoms with van der Waals surface area (Å²) in [5.74, 6) is -1.43. The first kappa shape index (κ1) is 19.4. The average Bonchev–Trinajstić information content (AvgIpc) is 2.52. The molecule has 0 saturated heterocycles. The lowest BCUT2D eigenvalue weighted by Gasteiger charge is -2.23. The molecule has 3 N–H and O–H groups in total. The fraction of sp³-hybridized carbons (Fsp3) is 0.316. The van der Waals surface area contributed by atoms with E-state index < -0.39 is 11.7 Å². The lowest BCUT2D eigenvalue weighted by Crippen LogP contribution is -2.26. The minimum Gasteiger partial charge on any atom is -0.380 e. The summed E-state index contributed by atoms with van der Waals surface area (Å²) in [5.41, 5.74) is 7.85. The van der Waals surface area contributed by atoms with Crippen LogP contribution in [0, 0.1) is 5.82 Å². The molecule has 1 amide bonds. The van der Waals surface area contributed by atoms with Crippen LogP contribution in [0.15, 0.2) is 40.9 Å². The van der Waals surface area contributed by atoms with Crippen molar-refractivity contribution >= 4 is 27.5 Å². The molecule has 0 aromatic heterocycles. The summed E-state index contributed by atoms with van der Waals surface area (Å²) in [7, 11) is 2.07. The highest BCUT2D eigenvalue weighted by Crippen LogP contribution is 2.25. The highest BCUT2D eigenvalue weighted by atomic mass is 79.9. The molecular formula is C19H23BrFN3O. The van der Waals surface area contributed by atoms with E-state index in [1.165, 1.54) is 11.6 Å². The number of carbonyl (C=O) groups excluding carboxylic acids is 1. The highest BCUT2D eigenvalue weighted by molar-refractivity contribution is 9.10. The topological polar surface area (TPSA) is 58.4 Å². The van der Waals surface area contributed by atoms with E-state index in [2.05, 4.69) is 53.1 Å². The van der Waals surface area contributed by atoms with E-state index in [1.54, 1.807) is 6.07 Å². The number of nitrogens with zero attached hydrogens (tertiary/aromatic N) is 1. The van der Waals surface area contributed by atoms with Crippen molar-refractivity contribution < 1.29 is 9.18 Å². The molecule has 0 unspecified atom stereocenters. The maximum atomic E-state index is 14.1. The number of anilines is 1. The van der Waals surface area contributed by atoms with Gasteiger partial charge in [0, 0.05) is 23.6 Å². The van der Waals surface area contributed by atoms with Crippen molar-refractivity contribution in [1.29, 1.82) is 0 Å². The molecule has 0 atom stereocenters. The first-order chi connectivity index (χ1) is 11.8. The van der Waals surface area contributed by atoms with E-state index in [9.17, 15) is 9.18 Å². The molecule has 2 aromatic rings. The van der Waals surface area contributed by atoms with Crippen molar-refractivity contribution in [3.05, 3.63) is 63.4 Å². The van der Waals surface area contributed by atoms with Gasteiger partial charge in [-0.25, -0.2) is 4.39 Å². The monoisotopic (exact) mass is 407 g/mol. The molecule has 2 aromatic carbocycles. The van der Waals surface area contributed by atoms with Gasteiger partial charge in [-0.05, 0) is 44.2 Å². The Balaban J connectivity index is 2.24. The number of rotatable bonds is 7. The van der Waals surface area contributed by atoms with Crippen molar-refractivity contribution in [3.63, 3.8) is 0 Å². The van der Waals surface area contributed by atoms with E-state index >= 15 is 0 Å². The van der Waals surface area contributed by atoms with E-state index in [0.29, 0.717) is 22.7 Å². The summed E-state index contributed by atoms with van der Waals surface area (Å²) in [4.78, 5) is 13.8. The number of benzene rings is 2. The first-order valence-corrected chi connectivity index (χ1v) is 8.88. The van der Waals surface area contributed by atoms with Gasteiger partial charge in [0.15, 0.2) is 0 Å². The third-order valence-corrected chi connectivity index (χ3v) is 4.65. The van der Waals surface area contributed by atoms with E-state index in [4.69, 9.17) is 5.73 Å². The first-order valence-electron chi connectivity index (χ1n) is 8.09. The lowest BCUT2D eigenvalue weighted by atomic mass is 10.1. The number of amides is 1. The normalized spacial score (nSPS) is 11.2. The minimum absolute atomic E-state index is 0.125. The second kappa shape index (κ2) is 8.45. The maximum absolute atomic E-state index is 14.1. The van der Waals surface area contributed by atoms with Crippen LogP contribution in [0.1, 0.15) is 35.3 Å². The van der Waals surface area contributed by atoms with Gasteiger partial charge in [-0.2, -0.15) is 0 Å². The van der Waals surface area contributed by atoms with E-state index in [0.717, 1.165) is 12.1 Å². The predicted octanol–water partition coefficient (Wildman–Crippen LogP) is 4.14. The molecule has 25 heavy (non-hydrogen) atoms. The van der Waals surface area contributed by atoms with E-state index in [1.807, 2.05) is 18.2 Å². The van der Waals surface area contributed by atoms with E-state index in [-0.39, 0.29) is 5.56 Å². The summed E-state index contributed by atoms with van der Waals surface area (Å²) < 4.78 is 14.6.